The van der Waals surface area contributed by atoms with Gasteiger partial charge >= 0.3 is 0 Å². The van der Waals surface area contributed by atoms with Crippen LogP contribution in [0.15, 0.2) is 0 Å². The van der Waals surface area contributed by atoms with Gasteiger partial charge in [0, 0.05) is 20.2 Å². The highest BCUT2D eigenvalue weighted by atomic mass is 16.5. The zero-order valence-electron chi connectivity index (χ0n) is 7.18. The Labute approximate surface area is 63.2 Å². The minimum Gasteiger partial charge on any atom is -0.377 e. The topological polar surface area (TPSA) is 12.5 Å². The molecule has 0 aromatic heterocycles. The van der Waals surface area contributed by atoms with E-state index >= 15 is 0 Å². The lowest BCUT2D eigenvalue weighted by Gasteiger charge is -2.22. The molecule has 1 aliphatic rings. The van der Waals surface area contributed by atoms with E-state index in [0.717, 1.165) is 13.1 Å². The number of hydrogen-bond donors (Lipinski definition) is 0. The van der Waals surface area contributed by atoms with Crippen molar-refractivity contribution < 1.29 is 4.74 Å². The molecule has 0 aliphatic carbocycles. The van der Waals surface area contributed by atoms with Crippen molar-refractivity contribution in [2.75, 3.05) is 26.7 Å². The van der Waals surface area contributed by atoms with E-state index in [1.54, 1.807) is 7.11 Å². The van der Waals surface area contributed by atoms with Gasteiger partial charge in [0.1, 0.15) is 0 Å². The Bertz CT molecular complexity index is 116. The monoisotopic (exact) mass is 143 g/mol. The van der Waals surface area contributed by atoms with Crippen molar-refractivity contribution in [1.82, 2.24) is 4.90 Å². The normalized spacial score (nSPS) is 35.1. The van der Waals surface area contributed by atoms with E-state index in [1.807, 2.05) is 0 Å². The zero-order chi connectivity index (χ0) is 7.61. The van der Waals surface area contributed by atoms with Crippen LogP contribution in [0, 0.1) is 0 Å². The van der Waals surface area contributed by atoms with Crippen LogP contribution in [-0.2, 0) is 4.74 Å². The standard InChI is InChI=1S/C8H17NO/c1-4-9-6-5-8(2,7-9)10-3/h4-7H2,1-3H3/t8-/m0/s1. The quantitative estimate of drug-likeness (QED) is 0.574. The average molecular weight is 143 g/mol. The molecular formula is C8H17NO. The van der Waals surface area contributed by atoms with Crippen molar-refractivity contribution in [3.8, 4) is 0 Å². The minimum atomic E-state index is 0.135. The summed E-state index contributed by atoms with van der Waals surface area (Å²) >= 11 is 0. The molecule has 0 unspecified atom stereocenters. The van der Waals surface area contributed by atoms with Crippen molar-refractivity contribution >= 4 is 0 Å². The summed E-state index contributed by atoms with van der Waals surface area (Å²) in [6, 6.07) is 0. The predicted molar refractivity (Wildman–Crippen MR) is 42.1 cm³/mol. The predicted octanol–water partition coefficient (Wildman–Crippen LogP) is 1.12. The van der Waals surface area contributed by atoms with Gasteiger partial charge in [0.05, 0.1) is 5.60 Å². The minimum absolute atomic E-state index is 0.135. The van der Waals surface area contributed by atoms with Crippen LogP contribution in [0.1, 0.15) is 20.3 Å². The lowest BCUT2D eigenvalue weighted by atomic mass is 10.1. The third-order valence-electron chi connectivity index (χ3n) is 2.45. The number of likely N-dealkylation sites (tertiary alicyclic amines) is 1. The molecular weight excluding hydrogens is 126 g/mol. The Kier molecular flexibility index (Phi) is 2.32. The van der Waals surface area contributed by atoms with E-state index in [1.165, 1.54) is 13.0 Å². The molecule has 0 saturated carbocycles. The van der Waals surface area contributed by atoms with E-state index in [2.05, 4.69) is 18.7 Å². The summed E-state index contributed by atoms with van der Waals surface area (Å²) in [4.78, 5) is 2.42. The third kappa shape index (κ3) is 1.50. The van der Waals surface area contributed by atoms with Gasteiger partial charge in [0.2, 0.25) is 0 Å². The van der Waals surface area contributed by atoms with Gasteiger partial charge in [0.15, 0.2) is 0 Å². The van der Waals surface area contributed by atoms with E-state index in [9.17, 15) is 0 Å². The second kappa shape index (κ2) is 2.89. The highest BCUT2D eigenvalue weighted by Gasteiger charge is 2.32. The molecule has 1 saturated heterocycles. The van der Waals surface area contributed by atoms with Crippen LogP contribution in [0.3, 0.4) is 0 Å². The number of hydrogen-bond acceptors (Lipinski definition) is 2. The molecule has 2 heteroatoms. The maximum absolute atomic E-state index is 5.39. The molecule has 0 N–H and O–H groups in total. The summed E-state index contributed by atoms with van der Waals surface area (Å²) in [5.41, 5.74) is 0.135. The van der Waals surface area contributed by atoms with Crippen molar-refractivity contribution in [2.24, 2.45) is 0 Å². The highest BCUT2D eigenvalue weighted by Crippen LogP contribution is 2.23. The van der Waals surface area contributed by atoms with Gasteiger partial charge in [-0.1, -0.05) is 6.92 Å². The second-order valence-electron chi connectivity index (χ2n) is 3.27. The number of rotatable bonds is 2. The first-order valence-electron chi connectivity index (χ1n) is 3.98. The van der Waals surface area contributed by atoms with Crippen molar-refractivity contribution in [2.45, 2.75) is 25.9 Å². The molecule has 0 spiro atoms. The summed E-state index contributed by atoms with van der Waals surface area (Å²) in [6.45, 7) is 7.82. The van der Waals surface area contributed by atoms with Crippen LogP contribution in [0.2, 0.25) is 0 Å². The molecule has 0 bridgehead atoms. The van der Waals surface area contributed by atoms with E-state index in [4.69, 9.17) is 4.74 Å². The summed E-state index contributed by atoms with van der Waals surface area (Å²) in [5.74, 6) is 0. The van der Waals surface area contributed by atoms with Crippen molar-refractivity contribution in [3.63, 3.8) is 0 Å². The Morgan fingerprint density at radius 3 is 2.60 bits per heavy atom. The van der Waals surface area contributed by atoms with Crippen LogP contribution in [0.4, 0.5) is 0 Å². The number of ether oxygens (including phenoxy) is 1. The first kappa shape index (κ1) is 8.02. The largest absolute Gasteiger partial charge is 0.377 e. The van der Waals surface area contributed by atoms with Crippen LogP contribution in [0.25, 0.3) is 0 Å². The van der Waals surface area contributed by atoms with Gasteiger partial charge < -0.3 is 9.64 Å². The lowest BCUT2D eigenvalue weighted by molar-refractivity contribution is 0.0153. The van der Waals surface area contributed by atoms with E-state index in [0.29, 0.717) is 0 Å². The molecule has 0 radical (unpaired) electrons. The van der Waals surface area contributed by atoms with Crippen LogP contribution in [0.5, 0.6) is 0 Å². The molecule has 1 fully saturated rings. The van der Waals surface area contributed by atoms with Gasteiger partial charge in [0.25, 0.3) is 0 Å². The van der Waals surface area contributed by atoms with Gasteiger partial charge in [-0.3, -0.25) is 0 Å². The molecule has 1 heterocycles. The summed E-state index contributed by atoms with van der Waals surface area (Å²) < 4.78 is 5.39. The van der Waals surface area contributed by atoms with Crippen LogP contribution >= 0.6 is 0 Å². The third-order valence-corrected chi connectivity index (χ3v) is 2.45. The number of likely N-dealkylation sites (N-methyl/N-ethyl adjacent to an activating group) is 1. The molecule has 10 heavy (non-hydrogen) atoms. The van der Waals surface area contributed by atoms with Crippen LogP contribution < -0.4 is 0 Å². The molecule has 1 atom stereocenters. The van der Waals surface area contributed by atoms with Gasteiger partial charge in [-0.25, -0.2) is 0 Å². The van der Waals surface area contributed by atoms with Crippen LogP contribution in [-0.4, -0.2) is 37.2 Å². The van der Waals surface area contributed by atoms with Gasteiger partial charge in [-0.05, 0) is 19.9 Å². The molecule has 1 rings (SSSR count). The Morgan fingerprint density at radius 2 is 2.30 bits per heavy atom. The Hall–Kier alpha value is -0.0800. The molecule has 1 aliphatic heterocycles. The maximum Gasteiger partial charge on any atom is 0.0789 e. The second-order valence-corrected chi connectivity index (χ2v) is 3.27. The highest BCUT2D eigenvalue weighted by molar-refractivity contribution is 4.86. The average Bonchev–Trinajstić information content (AvgIpc) is 2.33. The smallest absolute Gasteiger partial charge is 0.0789 e. The van der Waals surface area contributed by atoms with Crippen molar-refractivity contribution in [1.29, 1.82) is 0 Å². The summed E-state index contributed by atoms with van der Waals surface area (Å²) in [7, 11) is 1.80. The Balaban J connectivity index is 2.41. The molecule has 0 aromatic rings. The first-order valence-corrected chi connectivity index (χ1v) is 3.98. The maximum atomic E-state index is 5.39. The van der Waals surface area contributed by atoms with E-state index in [-0.39, 0.29) is 5.60 Å². The first-order chi connectivity index (χ1) is 4.70. The SMILES string of the molecule is CCN1CC[C@](C)(OC)C1. The van der Waals surface area contributed by atoms with E-state index < -0.39 is 0 Å². The lowest BCUT2D eigenvalue weighted by Crippen LogP contribution is -2.31. The molecule has 2 nitrogen and oxygen atoms in total. The summed E-state index contributed by atoms with van der Waals surface area (Å²) in [6.07, 6.45) is 1.18. The zero-order valence-corrected chi connectivity index (χ0v) is 7.18. The fourth-order valence-electron chi connectivity index (χ4n) is 1.46. The fraction of sp³-hybridized carbons (Fsp3) is 1.00. The molecule has 60 valence electrons. The number of nitrogens with zero attached hydrogens (tertiary/aromatic N) is 1. The number of methoxy groups -OCH3 is 1. The fourth-order valence-corrected chi connectivity index (χ4v) is 1.46. The Morgan fingerprint density at radius 1 is 1.60 bits per heavy atom. The summed E-state index contributed by atoms with van der Waals surface area (Å²) in [5, 5.41) is 0. The van der Waals surface area contributed by atoms with Gasteiger partial charge in [-0.15, -0.1) is 0 Å². The van der Waals surface area contributed by atoms with Gasteiger partial charge in [-0.2, -0.15) is 0 Å². The van der Waals surface area contributed by atoms with Crippen molar-refractivity contribution in [3.05, 3.63) is 0 Å². The molecule has 0 aromatic carbocycles. The molecule has 0 amide bonds.